The van der Waals surface area contributed by atoms with Gasteiger partial charge in [0.25, 0.3) is 0 Å². The van der Waals surface area contributed by atoms with Gasteiger partial charge < -0.3 is 19.7 Å². The van der Waals surface area contributed by atoms with Crippen molar-refractivity contribution in [3.63, 3.8) is 0 Å². The molecule has 1 aliphatic rings. The molecular weight excluding hydrogens is 408 g/mol. The molecule has 0 atom stereocenters. The molecule has 1 saturated heterocycles. The first-order valence-corrected chi connectivity index (χ1v) is 11.0. The van der Waals surface area contributed by atoms with E-state index in [9.17, 15) is 4.79 Å². The number of H-pyrrole nitrogens is 1. The van der Waals surface area contributed by atoms with Gasteiger partial charge in [0.15, 0.2) is 0 Å². The Labute approximate surface area is 187 Å². The minimum Gasteiger partial charge on any atom is -0.474 e. The lowest BCUT2D eigenvalue weighted by atomic mass is 9.89. The van der Waals surface area contributed by atoms with Crippen LogP contribution in [-0.4, -0.2) is 72.6 Å². The second kappa shape index (κ2) is 10.9. The second-order valence-corrected chi connectivity index (χ2v) is 7.89. The molecule has 3 heterocycles. The number of rotatable bonds is 9. The Morgan fingerprint density at radius 3 is 2.81 bits per heavy atom. The normalized spacial score (nSPS) is 15.0. The molecule has 0 unspecified atom stereocenters. The van der Waals surface area contributed by atoms with Gasteiger partial charge in [0, 0.05) is 32.5 Å². The van der Waals surface area contributed by atoms with E-state index < -0.39 is 0 Å². The lowest BCUT2D eigenvalue weighted by Gasteiger charge is -2.32. The number of hydrogen-bond acceptors (Lipinski definition) is 6. The Balaban J connectivity index is 1.19. The maximum atomic E-state index is 12.3. The number of aromatic nitrogens is 3. The van der Waals surface area contributed by atoms with Gasteiger partial charge in [-0.15, -0.1) is 5.10 Å². The molecule has 3 N–H and O–H groups in total. The van der Waals surface area contributed by atoms with Crippen LogP contribution in [0.25, 0.3) is 10.9 Å². The minimum absolute atomic E-state index is 0.271. The van der Waals surface area contributed by atoms with E-state index in [-0.39, 0.29) is 6.03 Å². The summed E-state index contributed by atoms with van der Waals surface area (Å²) in [5.41, 5.74) is 2.17. The first-order chi connectivity index (χ1) is 15.7. The molecule has 170 valence electrons. The molecule has 1 aromatic carbocycles. The zero-order valence-corrected chi connectivity index (χ0v) is 18.3. The van der Waals surface area contributed by atoms with Gasteiger partial charge >= 0.3 is 6.03 Å². The molecule has 0 saturated carbocycles. The predicted octanol–water partition coefficient (Wildman–Crippen LogP) is 2.98. The molecule has 2 aromatic heterocycles. The van der Waals surface area contributed by atoms with Gasteiger partial charge in [0.2, 0.25) is 5.88 Å². The molecule has 1 aliphatic heterocycles. The van der Waals surface area contributed by atoms with Crippen molar-refractivity contribution >= 4 is 22.8 Å². The molecule has 1 fully saturated rings. The SMILES string of the molecule is COCCOc1n[nH]c2cc(NC(=O)NCCN3CCC(c4ccccc4)CC3)ncc12. The summed E-state index contributed by atoms with van der Waals surface area (Å²) in [6.07, 6.45) is 3.94. The molecule has 32 heavy (non-hydrogen) atoms. The summed E-state index contributed by atoms with van der Waals surface area (Å²) in [6, 6.07) is 12.2. The Kier molecular flexibility index (Phi) is 7.52. The summed E-state index contributed by atoms with van der Waals surface area (Å²) >= 11 is 0. The third-order valence-corrected chi connectivity index (χ3v) is 5.75. The fraction of sp³-hybridized carbons (Fsp3) is 0.435. The van der Waals surface area contributed by atoms with Crippen LogP contribution in [-0.2, 0) is 4.74 Å². The van der Waals surface area contributed by atoms with Crippen molar-refractivity contribution in [2.45, 2.75) is 18.8 Å². The molecule has 4 rings (SSSR count). The highest BCUT2D eigenvalue weighted by atomic mass is 16.5. The number of ether oxygens (including phenoxy) is 2. The molecule has 0 spiro atoms. The molecule has 3 aromatic rings. The number of hydrogen-bond donors (Lipinski definition) is 3. The number of nitrogens with one attached hydrogen (secondary N) is 3. The van der Waals surface area contributed by atoms with Crippen LogP contribution in [0.1, 0.15) is 24.3 Å². The van der Waals surface area contributed by atoms with Crippen molar-refractivity contribution in [1.29, 1.82) is 0 Å². The quantitative estimate of drug-likeness (QED) is 0.444. The Bertz CT molecular complexity index is 1000. The number of benzene rings is 1. The summed E-state index contributed by atoms with van der Waals surface area (Å²) in [5.74, 6) is 1.56. The van der Waals surface area contributed by atoms with E-state index in [1.54, 1.807) is 19.4 Å². The van der Waals surface area contributed by atoms with Crippen molar-refractivity contribution in [1.82, 2.24) is 25.4 Å². The van der Waals surface area contributed by atoms with Crippen molar-refractivity contribution in [3.8, 4) is 5.88 Å². The molecule has 0 bridgehead atoms. The monoisotopic (exact) mass is 438 g/mol. The number of pyridine rings is 1. The third kappa shape index (κ3) is 5.74. The van der Waals surface area contributed by atoms with Crippen LogP contribution in [0.5, 0.6) is 5.88 Å². The summed E-state index contributed by atoms with van der Waals surface area (Å²) in [6.45, 7) is 4.41. The van der Waals surface area contributed by atoms with Gasteiger partial charge in [-0.3, -0.25) is 10.4 Å². The van der Waals surface area contributed by atoms with Crippen molar-refractivity contribution in [2.24, 2.45) is 0 Å². The van der Waals surface area contributed by atoms with Gasteiger partial charge in [-0.05, 0) is 37.4 Å². The van der Waals surface area contributed by atoms with E-state index in [2.05, 4.69) is 61.0 Å². The van der Waals surface area contributed by atoms with E-state index in [1.165, 1.54) is 5.56 Å². The zero-order valence-electron chi connectivity index (χ0n) is 18.3. The number of carbonyl (C=O) groups is 1. The first-order valence-electron chi connectivity index (χ1n) is 11.0. The van der Waals surface area contributed by atoms with Gasteiger partial charge in [-0.1, -0.05) is 30.3 Å². The largest absolute Gasteiger partial charge is 0.474 e. The average Bonchev–Trinajstić information content (AvgIpc) is 3.22. The van der Waals surface area contributed by atoms with Crippen molar-refractivity contribution in [3.05, 3.63) is 48.2 Å². The van der Waals surface area contributed by atoms with E-state index in [0.717, 1.165) is 43.4 Å². The van der Waals surface area contributed by atoms with E-state index in [0.29, 0.717) is 37.4 Å². The number of nitrogens with zero attached hydrogens (tertiary/aromatic N) is 3. The van der Waals surface area contributed by atoms with Crippen molar-refractivity contribution < 1.29 is 14.3 Å². The molecule has 9 nitrogen and oxygen atoms in total. The fourth-order valence-corrected chi connectivity index (χ4v) is 3.99. The number of anilines is 1. The lowest BCUT2D eigenvalue weighted by Crippen LogP contribution is -2.40. The number of piperidine rings is 1. The maximum absolute atomic E-state index is 12.3. The number of carbonyl (C=O) groups excluding carboxylic acids is 1. The van der Waals surface area contributed by atoms with Gasteiger partial charge in [-0.2, -0.15) is 0 Å². The number of fused-ring (bicyclic) bond motifs is 1. The molecule has 0 aliphatic carbocycles. The summed E-state index contributed by atoms with van der Waals surface area (Å²) in [7, 11) is 1.62. The lowest BCUT2D eigenvalue weighted by molar-refractivity contribution is 0.144. The van der Waals surface area contributed by atoms with Crippen LogP contribution in [0.15, 0.2) is 42.6 Å². The van der Waals surface area contributed by atoms with Crippen LogP contribution in [0.2, 0.25) is 0 Å². The molecule has 0 radical (unpaired) electrons. The maximum Gasteiger partial charge on any atom is 0.320 e. The van der Waals surface area contributed by atoms with Crippen molar-refractivity contribution in [2.75, 3.05) is 51.8 Å². The standard InChI is InChI=1S/C23H30N6O3/c1-31-13-14-32-22-19-16-25-21(15-20(19)27-28-22)26-23(30)24-9-12-29-10-7-18(8-11-29)17-5-3-2-4-6-17/h2-6,15-16,18H,7-14H2,1H3,(H,27,28)(H2,24,25,26,30). The van der Waals surface area contributed by atoms with Crippen LogP contribution in [0.4, 0.5) is 10.6 Å². The Hall–Kier alpha value is -3.17. The number of likely N-dealkylation sites (tertiary alicyclic amines) is 1. The van der Waals surface area contributed by atoms with Crippen LogP contribution >= 0.6 is 0 Å². The second-order valence-electron chi connectivity index (χ2n) is 7.89. The van der Waals surface area contributed by atoms with E-state index >= 15 is 0 Å². The topological polar surface area (TPSA) is 104 Å². The number of amides is 2. The number of methoxy groups -OCH3 is 1. The zero-order chi connectivity index (χ0) is 22.2. The van der Waals surface area contributed by atoms with E-state index in [4.69, 9.17) is 9.47 Å². The van der Waals surface area contributed by atoms with E-state index in [1.807, 2.05) is 0 Å². The highest BCUT2D eigenvalue weighted by molar-refractivity contribution is 5.91. The van der Waals surface area contributed by atoms with Gasteiger partial charge in [-0.25, -0.2) is 9.78 Å². The molecule has 2 amide bonds. The van der Waals surface area contributed by atoms with Crippen LogP contribution < -0.4 is 15.4 Å². The van der Waals surface area contributed by atoms with Crippen LogP contribution in [0, 0.1) is 0 Å². The van der Waals surface area contributed by atoms with Gasteiger partial charge in [0.1, 0.15) is 12.4 Å². The average molecular weight is 439 g/mol. The number of aromatic amines is 1. The van der Waals surface area contributed by atoms with Crippen LogP contribution in [0.3, 0.4) is 0 Å². The summed E-state index contributed by atoms with van der Waals surface area (Å²) < 4.78 is 10.5. The first kappa shape index (κ1) is 22.0. The predicted molar refractivity (Wildman–Crippen MR) is 123 cm³/mol. The molecular formula is C23H30N6O3. The Morgan fingerprint density at radius 2 is 2.03 bits per heavy atom. The highest BCUT2D eigenvalue weighted by Gasteiger charge is 2.20. The Morgan fingerprint density at radius 1 is 1.22 bits per heavy atom. The van der Waals surface area contributed by atoms with Gasteiger partial charge in [0.05, 0.1) is 17.5 Å². The minimum atomic E-state index is -0.271. The third-order valence-electron chi connectivity index (χ3n) is 5.75. The summed E-state index contributed by atoms with van der Waals surface area (Å²) in [4.78, 5) is 19.0. The fourth-order valence-electron chi connectivity index (χ4n) is 3.99. The number of urea groups is 1. The summed E-state index contributed by atoms with van der Waals surface area (Å²) in [5, 5.41) is 13.5. The molecule has 9 heteroatoms. The highest BCUT2D eigenvalue weighted by Crippen LogP contribution is 2.27. The smallest absolute Gasteiger partial charge is 0.320 e.